The lowest BCUT2D eigenvalue weighted by molar-refractivity contribution is 0.261. The average Bonchev–Trinajstić information content (AvgIpc) is 2.96. The van der Waals surface area contributed by atoms with E-state index in [1.54, 1.807) is 25.3 Å². The van der Waals surface area contributed by atoms with Gasteiger partial charge in [0.25, 0.3) is 0 Å². The number of aromatic nitrogens is 1. The zero-order chi connectivity index (χ0) is 17.0. The van der Waals surface area contributed by atoms with Crippen LogP contribution < -0.4 is 20.1 Å². The first kappa shape index (κ1) is 16.7. The van der Waals surface area contributed by atoms with Gasteiger partial charge in [-0.05, 0) is 18.6 Å². The summed E-state index contributed by atoms with van der Waals surface area (Å²) in [5.74, 6) is 2.45. The predicted molar refractivity (Wildman–Crippen MR) is 87.5 cm³/mol. The first-order chi connectivity index (χ1) is 10.9. The molecular formula is C16H21N3O4. The number of nitrogens with one attached hydrogen (secondary N) is 2. The molecular weight excluding hydrogens is 298 g/mol. The van der Waals surface area contributed by atoms with E-state index in [2.05, 4.69) is 15.8 Å². The van der Waals surface area contributed by atoms with E-state index in [0.29, 0.717) is 28.8 Å². The molecule has 2 rings (SSSR count). The summed E-state index contributed by atoms with van der Waals surface area (Å²) >= 11 is 0. The van der Waals surface area contributed by atoms with Gasteiger partial charge in [-0.15, -0.1) is 0 Å². The summed E-state index contributed by atoms with van der Waals surface area (Å²) in [6, 6.07) is 4.76. The van der Waals surface area contributed by atoms with Crippen LogP contribution in [0.25, 0.3) is 0 Å². The van der Waals surface area contributed by atoms with E-state index in [4.69, 9.17) is 14.0 Å². The molecule has 7 nitrogen and oxygen atoms in total. The van der Waals surface area contributed by atoms with Crippen LogP contribution in [0.3, 0.4) is 0 Å². The molecule has 2 aromatic rings. The number of carbonyl (C=O) groups excluding carboxylic acids is 1. The van der Waals surface area contributed by atoms with Crippen LogP contribution in [0.4, 0.5) is 16.3 Å². The molecule has 1 aromatic carbocycles. The van der Waals surface area contributed by atoms with E-state index in [-0.39, 0.29) is 5.92 Å². The van der Waals surface area contributed by atoms with Crippen molar-refractivity contribution in [3.63, 3.8) is 0 Å². The van der Waals surface area contributed by atoms with Crippen molar-refractivity contribution >= 4 is 17.5 Å². The Kier molecular flexibility index (Phi) is 5.10. The van der Waals surface area contributed by atoms with Crippen LogP contribution in [-0.4, -0.2) is 25.4 Å². The molecule has 0 unspecified atom stereocenters. The van der Waals surface area contributed by atoms with Crippen LogP contribution >= 0.6 is 0 Å². The van der Waals surface area contributed by atoms with Crippen LogP contribution in [-0.2, 0) is 0 Å². The third-order valence-corrected chi connectivity index (χ3v) is 3.30. The molecule has 0 saturated heterocycles. The number of amides is 2. The minimum Gasteiger partial charge on any atom is -0.496 e. The molecule has 7 heteroatoms. The van der Waals surface area contributed by atoms with Crippen molar-refractivity contribution in [1.82, 2.24) is 5.16 Å². The first-order valence-electron chi connectivity index (χ1n) is 7.21. The highest BCUT2D eigenvalue weighted by molar-refractivity contribution is 6.00. The summed E-state index contributed by atoms with van der Waals surface area (Å²) in [6.07, 6.45) is 0. The van der Waals surface area contributed by atoms with Crippen molar-refractivity contribution in [2.24, 2.45) is 0 Å². The van der Waals surface area contributed by atoms with Gasteiger partial charge in [0, 0.05) is 18.1 Å². The second kappa shape index (κ2) is 7.04. The largest absolute Gasteiger partial charge is 0.496 e. The number of aryl methyl sites for hydroxylation is 1. The quantitative estimate of drug-likeness (QED) is 0.876. The van der Waals surface area contributed by atoms with Crippen LogP contribution in [0.2, 0.25) is 0 Å². The van der Waals surface area contributed by atoms with Gasteiger partial charge in [-0.3, -0.25) is 5.32 Å². The lowest BCUT2D eigenvalue weighted by Gasteiger charge is -2.13. The fraction of sp³-hybridized carbons (Fsp3) is 0.375. The summed E-state index contributed by atoms with van der Waals surface area (Å²) in [6.45, 7) is 5.85. The van der Waals surface area contributed by atoms with Gasteiger partial charge < -0.3 is 19.3 Å². The lowest BCUT2D eigenvalue weighted by Crippen LogP contribution is -2.20. The van der Waals surface area contributed by atoms with E-state index in [1.807, 2.05) is 20.8 Å². The molecule has 0 spiro atoms. The molecule has 0 aliphatic rings. The Morgan fingerprint density at radius 2 is 1.83 bits per heavy atom. The highest BCUT2D eigenvalue weighted by Crippen LogP contribution is 2.32. The number of anilines is 2. The molecule has 124 valence electrons. The van der Waals surface area contributed by atoms with Crippen molar-refractivity contribution in [3.8, 4) is 11.5 Å². The van der Waals surface area contributed by atoms with E-state index < -0.39 is 6.03 Å². The highest BCUT2D eigenvalue weighted by atomic mass is 16.5. The van der Waals surface area contributed by atoms with Gasteiger partial charge in [0.2, 0.25) is 0 Å². The molecule has 0 bridgehead atoms. The van der Waals surface area contributed by atoms with Crippen molar-refractivity contribution in [3.05, 3.63) is 29.5 Å². The smallest absolute Gasteiger partial charge is 0.325 e. The molecule has 2 N–H and O–H groups in total. The number of urea groups is 1. The number of ether oxygens (including phenoxy) is 2. The van der Waals surface area contributed by atoms with Gasteiger partial charge in [-0.25, -0.2) is 4.79 Å². The Morgan fingerprint density at radius 1 is 1.13 bits per heavy atom. The second-order valence-corrected chi connectivity index (χ2v) is 5.37. The fourth-order valence-electron chi connectivity index (χ4n) is 2.05. The number of hydrogen-bond donors (Lipinski definition) is 2. The molecule has 0 saturated carbocycles. The molecule has 0 aliphatic carbocycles. The van der Waals surface area contributed by atoms with Gasteiger partial charge in [0.05, 0.1) is 19.9 Å². The third-order valence-electron chi connectivity index (χ3n) is 3.30. The molecule has 0 aliphatic heterocycles. The zero-order valence-electron chi connectivity index (χ0n) is 13.9. The number of hydrogen-bond acceptors (Lipinski definition) is 5. The van der Waals surface area contributed by atoms with Crippen molar-refractivity contribution in [2.45, 2.75) is 26.7 Å². The van der Waals surface area contributed by atoms with Crippen LogP contribution in [0.15, 0.2) is 22.7 Å². The summed E-state index contributed by atoms with van der Waals surface area (Å²) in [5.41, 5.74) is 1.42. The van der Waals surface area contributed by atoms with Crippen LogP contribution in [0, 0.1) is 6.92 Å². The maximum Gasteiger partial charge on any atom is 0.325 e. The van der Waals surface area contributed by atoms with Crippen molar-refractivity contribution in [2.75, 3.05) is 24.9 Å². The number of rotatable bonds is 5. The second-order valence-electron chi connectivity index (χ2n) is 5.37. The zero-order valence-corrected chi connectivity index (χ0v) is 13.9. The van der Waals surface area contributed by atoms with E-state index in [9.17, 15) is 4.79 Å². The van der Waals surface area contributed by atoms with Gasteiger partial charge in [0.15, 0.2) is 5.82 Å². The van der Waals surface area contributed by atoms with Gasteiger partial charge >= 0.3 is 6.03 Å². The number of carbonyl (C=O) groups is 1. The topological polar surface area (TPSA) is 85.6 Å². The Balaban J connectivity index is 2.11. The maximum atomic E-state index is 12.1. The standard InChI is InChI=1S/C16H21N3O4/c1-9(2)12-8-15(19-23-12)18-16(20)17-11-6-10(3)13(21-4)7-14(11)22-5/h6-9H,1-5H3,(H2,17,18,19,20). The Morgan fingerprint density at radius 3 is 2.39 bits per heavy atom. The summed E-state index contributed by atoms with van der Waals surface area (Å²) < 4.78 is 15.6. The molecule has 0 fully saturated rings. The Labute approximate surface area is 134 Å². The first-order valence-corrected chi connectivity index (χ1v) is 7.21. The molecule has 23 heavy (non-hydrogen) atoms. The summed E-state index contributed by atoms with van der Waals surface area (Å²) in [5, 5.41) is 9.16. The molecule has 0 radical (unpaired) electrons. The highest BCUT2D eigenvalue weighted by Gasteiger charge is 2.14. The SMILES string of the molecule is COc1cc(OC)c(NC(=O)Nc2cc(C(C)C)on2)cc1C. The van der Waals surface area contributed by atoms with Gasteiger partial charge in [-0.2, -0.15) is 0 Å². The molecule has 1 heterocycles. The third kappa shape index (κ3) is 3.94. The Bertz CT molecular complexity index is 695. The minimum atomic E-state index is -0.434. The van der Waals surface area contributed by atoms with Crippen LogP contribution in [0.1, 0.15) is 31.1 Å². The average molecular weight is 319 g/mol. The lowest BCUT2D eigenvalue weighted by atomic mass is 10.1. The van der Waals surface area contributed by atoms with Gasteiger partial charge in [0.1, 0.15) is 17.3 Å². The van der Waals surface area contributed by atoms with Crippen LogP contribution in [0.5, 0.6) is 11.5 Å². The fourth-order valence-corrected chi connectivity index (χ4v) is 2.05. The van der Waals surface area contributed by atoms with E-state index in [1.165, 1.54) is 7.11 Å². The molecule has 0 atom stereocenters. The maximum absolute atomic E-state index is 12.1. The number of nitrogens with zero attached hydrogens (tertiary/aromatic N) is 1. The predicted octanol–water partition coefficient (Wildman–Crippen LogP) is 3.77. The Hall–Kier alpha value is -2.70. The van der Waals surface area contributed by atoms with Crippen molar-refractivity contribution in [1.29, 1.82) is 0 Å². The molecule has 1 aromatic heterocycles. The van der Waals surface area contributed by atoms with Gasteiger partial charge in [-0.1, -0.05) is 19.0 Å². The summed E-state index contributed by atoms with van der Waals surface area (Å²) in [4.78, 5) is 12.1. The number of methoxy groups -OCH3 is 2. The van der Waals surface area contributed by atoms with E-state index in [0.717, 1.165) is 5.56 Å². The number of benzene rings is 1. The van der Waals surface area contributed by atoms with Crippen molar-refractivity contribution < 1.29 is 18.8 Å². The monoisotopic (exact) mass is 319 g/mol. The summed E-state index contributed by atoms with van der Waals surface area (Å²) in [7, 11) is 3.11. The normalized spacial score (nSPS) is 10.5. The molecule has 2 amide bonds. The minimum absolute atomic E-state index is 0.199. The van der Waals surface area contributed by atoms with E-state index >= 15 is 0 Å².